The smallest absolute Gasteiger partial charge is 0.191 e. The number of ether oxygens (including phenoxy) is 1. The van der Waals surface area contributed by atoms with Crippen LogP contribution in [0.4, 0.5) is 5.69 Å². The van der Waals surface area contributed by atoms with E-state index < -0.39 is 0 Å². The molecule has 0 aliphatic rings. The minimum absolute atomic E-state index is 0.0352. The van der Waals surface area contributed by atoms with Crippen molar-refractivity contribution in [2.45, 2.75) is 6.92 Å². The van der Waals surface area contributed by atoms with Crippen LogP contribution in [0.3, 0.4) is 0 Å². The Morgan fingerprint density at radius 3 is 2.64 bits per heavy atom. The number of phenolic OH excluding ortho intramolecular Hbond substituents is 1. The maximum atomic E-state index is 9.92. The van der Waals surface area contributed by atoms with Crippen molar-refractivity contribution in [2.75, 3.05) is 12.4 Å². The number of hydrogen-bond acceptors (Lipinski definition) is 4. The van der Waals surface area contributed by atoms with E-state index in [1.807, 2.05) is 31.2 Å². The highest BCUT2D eigenvalue weighted by atomic mass is 32.1. The Hall–Kier alpha value is -2.60. The molecule has 0 amide bonds. The summed E-state index contributed by atoms with van der Waals surface area (Å²) in [6, 6.07) is 13.0. The van der Waals surface area contributed by atoms with Crippen molar-refractivity contribution in [1.29, 1.82) is 0 Å². The van der Waals surface area contributed by atoms with E-state index in [4.69, 9.17) is 17.0 Å². The number of nitrogens with one attached hydrogen (secondary N) is 2. The zero-order valence-electron chi connectivity index (χ0n) is 12.3. The molecule has 114 valence electrons. The van der Waals surface area contributed by atoms with Gasteiger partial charge in [0.2, 0.25) is 0 Å². The van der Waals surface area contributed by atoms with Crippen LogP contribution in [0, 0.1) is 6.92 Å². The van der Waals surface area contributed by atoms with Crippen molar-refractivity contribution in [3.63, 3.8) is 0 Å². The predicted molar refractivity (Wildman–Crippen MR) is 92.8 cm³/mol. The Kier molecular flexibility index (Phi) is 5.32. The van der Waals surface area contributed by atoms with Gasteiger partial charge in [-0.3, -0.25) is 5.43 Å². The van der Waals surface area contributed by atoms with Crippen LogP contribution in [-0.2, 0) is 0 Å². The summed E-state index contributed by atoms with van der Waals surface area (Å²) in [6.45, 7) is 2.02. The van der Waals surface area contributed by atoms with Gasteiger partial charge in [-0.15, -0.1) is 0 Å². The van der Waals surface area contributed by atoms with Crippen LogP contribution < -0.4 is 15.5 Å². The number of methoxy groups -OCH3 is 1. The van der Waals surface area contributed by atoms with E-state index in [1.54, 1.807) is 18.2 Å². The van der Waals surface area contributed by atoms with Crippen LogP contribution in [-0.4, -0.2) is 23.5 Å². The molecule has 0 aromatic heterocycles. The quantitative estimate of drug-likeness (QED) is 0.460. The second kappa shape index (κ2) is 7.42. The molecule has 5 nitrogen and oxygen atoms in total. The number of aromatic hydroxyl groups is 1. The van der Waals surface area contributed by atoms with Crippen LogP contribution in [0.5, 0.6) is 11.5 Å². The normalized spacial score (nSPS) is 10.5. The average Bonchev–Trinajstić information content (AvgIpc) is 2.51. The fraction of sp³-hybridized carbons (Fsp3) is 0.125. The first-order valence-corrected chi connectivity index (χ1v) is 7.03. The van der Waals surface area contributed by atoms with Gasteiger partial charge in [0.15, 0.2) is 16.6 Å². The van der Waals surface area contributed by atoms with E-state index in [-0.39, 0.29) is 5.75 Å². The summed E-state index contributed by atoms with van der Waals surface area (Å²) in [4.78, 5) is 0. The maximum Gasteiger partial charge on any atom is 0.191 e. The number of hydrogen-bond donors (Lipinski definition) is 3. The van der Waals surface area contributed by atoms with Crippen molar-refractivity contribution in [3.05, 3.63) is 53.6 Å². The van der Waals surface area contributed by atoms with Gasteiger partial charge in [-0.1, -0.05) is 23.8 Å². The minimum Gasteiger partial charge on any atom is -0.504 e. The van der Waals surface area contributed by atoms with Gasteiger partial charge in [-0.05, 0) is 43.4 Å². The van der Waals surface area contributed by atoms with Gasteiger partial charge >= 0.3 is 0 Å². The van der Waals surface area contributed by atoms with Gasteiger partial charge < -0.3 is 15.2 Å². The lowest BCUT2D eigenvalue weighted by atomic mass is 10.2. The van der Waals surface area contributed by atoms with E-state index in [2.05, 4.69) is 15.8 Å². The standard InChI is InChI=1S/C16H17N3O2S/c1-11-6-8-13(9-7-11)18-16(22)19-17-10-12-4-3-5-14(21-2)15(12)20/h3-10,20H,1-2H3,(H2,18,19,22)/b17-10-. The number of thiocarbonyl (C=S) groups is 1. The molecule has 0 unspecified atom stereocenters. The molecular formula is C16H17N3O2S. The van der Waals surface area contributed by atoms with Gasteiger partial charge in [0, 0.05) is 11.3 Å². The molecule has 0 fully saturated rings. The lowest BCUT2D eigenvalue weighted by Crippen LogP contribution is -2.23. The van der Waals surface area contributed by atoms with Crippen molar-refractivity contribution >= 4 is 29.2 Å². The number of benzene rings is 2. The number of aryl methyl sites for hydroxylation is 1. The summed E-state index contributed by atoms with van der Waals surface area (Å²) in [5.74, 6) is 0.428. The molecule has 2 rings (SSSR count). The molecule has 0 radical (unpaired) electrons. The lowest BCUT2D eigenvalue weighted by molar-refractivity contribution is 0.373. The molecule has 6 heteroatoms. The Balaban J connectivity index is 1.94. The third-order valence-electron chi connectivity index (χ3n) is 2.93. The van der Waals surface area contributed by atoms with Crippen molar-refractivity contribution in [2.24, 2.45) is 5.10 Å². The summed E-state index contributed by atoms with van der Waals surface area (Å²) in [6.07, 6.45) is 1.47. The summed E-state index contributed by atoms with van der Waals surface area (Å²) in [5, 5.41) is 17.3. The molecule has 0 atom stereocenters. The van der Waals surface area contributed by atoms with Gasteiger partial charge in [0.05, 0.1) is 13.3 Å². The van der Waals surface area contributed by atoms with Crippen LogP contribution >= 0.6 is 12.2 Å². The highest BCUT2D eigenvalue weighted by Crippen LogP contribution is 2.27. The largest absolute Gasteiger partial charge is 0.504 e. The number of anilines is 1. The predicted octanol–water partition coefficient (Wildman–Crippen LogP) is 3.03. The van der Waals surface area contributed by atoms with Crippen LogP contribution in [0.25, 0.3) is 0 Å². The van der Waals surface area contributed by atoms with Gasteiger partial charge in [0.25, 0.3) is 0 Å². The van der Waals surface area contributed by atoms with Crippen molar-refractivity contribution < 1.29 is 9.84 Å². The summed E-state index contributed by atoms with van der Waals surface area (Å²) < 4.78 is 5.03. The molecule has 0 aliphatic carbocycles. The Bertz CT molecular complexity index is 684. The van der Waals surface area contributed by atoms with Crippen molar-refractivity contribution in [3.8, 4) is 11.5 Å². The van der Waals surface area contributed by atoms with Gasteiger partial charge in [0.1, 0.15) is 0 Å². The summed E-state index contributed by atoms with van der Waals surface area (Å²) in [5.41, 5.74) is 5.28. The molecule has 22 heavy (non-hydrogen) atoms. The highest BCUT2D eigenvalue weighted by molar-refractivity contribution is 7.80. The van der Waals surface area contributed by atoms with Crippen LogP contribution in [0.1, 0.15) is 11.1 Å². The Morgan fingerprint density at radius 1 is 1.23 bits per heavy atom. The first-order valence-electron chi connectivity index (χ1n) is 6.63. The molecule has 0 saturated carbocycles. The first-order chi connectivity index (χ1) is 10.6. The third-order valence-corrected chi connectivity index (χ3v) is 3.12. The first kappa shape index (κ1) is 15.8. The fourth-order valence-corrected chi connectivity index (χ4v) is 1.94. The van der Waals surface area contributed by atoms with E-state index in [9.17, 15) is 5.11 Å². The van der Waals surface area contributed by atoms with Crippen LogP contribution in [0.2, 0.25) is 0 Å². The number of hydrazone groups is 1. The topological polar surface area (TPSA) is 65.9 Å². The summed E-state index contributed by atoms with van der Waals surface area (Å²) >= 11 is 5.14. The Labute approximate surface area is 134 Å². The molecule has 2 aromatic carbocycles. The zero-order chi connectivity index (χ0) is 15.9. The number of rotatable bonds is 4. The van der Waals surface area contributed by atoms with E-state index >= 15 is 0 Å². The van der Waals surface area contributed by atoms with E-state index in [0.717, 1.165) is 5.69 Å². The van der Waals surface area contributed by atoms with Crippen molar-refractivity contribution in [1.82, 2.24) is 5.43 Å². The minimum atomic E-state index is 0.0352. The maximum absolute atomic E-state index is 9.92. The number of nitrogens with zero attached hydrogens (tertiary/aromatic N) is 1. The second-order valence-electron chi connectivity index (χ2n) is 4.59. The third kappa shape index (κ3) is 4.20. The Morgan fingerprint density at radius 2 is 1.95 bits per heavy atom. The molecular weight excluding hydrogens is 298 g/mol. The fourth-order valence-electron chi connectivity index (χ4n) is 1.76. The molecule has 0 heterocycles. The zero-order valence-corrected chi connectivity index (χ0v) is 13.1. The van der Waals surface area contributed by atoms with Crippen LogP contribution in [0.15, 0.2) is 47.6 Å². The van der Waals surface area contributed by atoms with E-state index in [1.165, 1.54) is 18.9 Å². The van der Waals surface area contributed by atoms with Gasteiger partial charge in [-0.2, -0.15) is 5.10 Å². The second-order valence-corrected chi connectivity index (χ2v) is 5.00. The number of phenols is 1. The highest BCUT2D eigenvalue weighted by Gasteiger charge is 2.04. The van der Waals surface area contributed by atoms with Gasteiger partial charge in [-0.25, -0.2) is 0 Å². The van der Waals surface area contributed by atoms with E-state index in [0.29, 0.717) is 16.4 Å². The lowest BCUT2D eigenvalue weighted by Gasteiger charge is -2.07. The summed E-state index contributed by atoms with van der Waals surface area (Å²) in [7, 11) is 1.49. The average molecular weight is 315 g/mol. The molecule has 0 bridgehead atoms. The number of para-hydroxylation sites is 1. The molecule has 0 aliphatic heterocycles. The SMILES string of the molecule is COc1cccc(/C=N\NC(=S)Nc2ccc(C)cc2)c1O. The molecule has 3 N–H and O–H groups in total. The monoisotopic (exact) mass is 315 g/mol. The molecule has 2 aromatic rings. The molecule has 0 saturated heterocycles. The molecule has 0 spiro atoms.